The van der Waals surface area contributed by atoms with Crippen molar-refractivity contribution in [2.24, 2.45) is 0 Å². The van der Waals surface area contributed by atoms with Crippen molar-refractivity contribution in [1.82, 2.24) is 10.3 Å². The Bertz CT molecular complexity index is 582. The molecule has 2 rings (SSSR count). The van der Waals surface area contributed by atoms with E-state index in [2.05, 4.69) is 10.3 Å². The molecule has 0 bridgehead atoms. The molecule has 0 spiro atoms. The van der Waals surface area contributed by atoms with E-state index in [1.54, 1.807) is 25.6 Å². The summed E-state index contributed by atoms with van der Waals surface area (Å²) in [4.78, 5) is 16.0. The second kappa shape index (κ2) is 6.00. The SMILES string of the molecule is COc1ccccc1CNC(=O)c1ccncc1C. The van der Waals surface area contributed by atoms with Gasteiger partial charge >= 0.3 is 0 Å². The minimum Gasteiger partial charge on any atom is -0.496 e. The number of pyridine rings is 1. The second-order valence-electron chi connectivity index (χ2n) is 4.19. The van der Waals surface area contributed by atoms with Crippen molar-refractivity contribution >= 4 is 5.91 Å². The van der Waals surface area contributed by atoms with Crippen LogP contribution in [0.2, 0.25) is 0 Å². The van der Waals surface area contributed by atoms with Gasteiger partial charge in [0.25, 0.3) is 5.91 Å². The smallest absolute Gasteiger partial charge is 0.251 e. The Kier molecular flexibility index (Phi) is 4.13. The average molecular weight is 256 g/mol. The van der Waals surface area contributed by atoms with Crippen LogP contribution in [-0.4, -0.2) is 18.0 Å². The van der Waals surface area contributed by atoms with E-state index < -0.39 is 0 Å². The van der Waals surface area contributed by atoms with Crippen LogP contribution >= 0.6 is 0 Å². The third-order valence-electron chi connectivity index (χ3n) is 2.90. The van der Waals surface area contributed by atoms with Crippen LogP contribution in [0.15, 0.2) is 42.7 Å². The number of hydrogen-bond acceptors (Lipinski definition) is 3. The molecular formula is C15H16N2O2. The molecule has 1 amide bonds. The number of para-hydroxylation sites is 1. The van der Waals surface area contributed by atoms with Crippen molar-refractivity contribution in [2.75, 3.05) is 7.11 Å². The summed E-state index contributed by atoms with van der Waals surface area (Å²) >= 11 is 0. The summed E-state index contributed by atoms with van der Waals surface area (Å²) in [7, 11) is 1.62. The van der Waals surface area contributed by atoms with E-state index in [1.807, 2.05) is 31.2 Å². The standard InChI is InChI=1S/C15H16N2O2/c1-11-9-16-8-7-13(11)15(18)17-10-12-5-3-4-6-14(12)19-2/h3-9H,10H2,1-2H3,(H,17,18). The van der Waals surface area contributed by atoms with Gasteiger partial charge in [0.1, 0.15) is 5.75 Å². The fraction of sp³-hybridized carbons (Fsp3) is 0.200. The van der Waals surface area contributed by atoms with Gasteiger partial charge in [-0.15, -0.1) is 0 Å². The minimum atomic E-state index is -0.106. The van der Waals surface area contributed by atoms with Crippen molar-refractivity contribution < 1.29 is 9.53 Å². The van der Waals surface area contributed by atoms with Crippen molar-refractivity contribution in [2.45, 2.75) is 13.5 Å². The lowest BCUT2D eigenvalue weighted by atomic mass is 10.1. The van der Waals surface area contributed by atoms with Gasteiger partial charge in [-0.3, -0.25) is 9.78 Å². The van der Waals surface area contributed by atoms with Gasteiger partial charge in [-0.25, -0.2) is 0 Å². The van der Waals surface area contributed by atoms with Crippen LogP contribution in [0.25, 0.3) is 0 Å². The van der Waals surface area contributed by atoms with Crippen LogP contribution in [0.5, 0.6) is 5.75 Å². The van der Waals surface area contributed by atoms with E-state index in [0.717, 1.165) is 16.9 Å². The van der Waals surface area contributed by atoms with Crippen LogP contribution in [0.1, 0.15) is 21.5 Å². The molecule has 1 N–H and O–H groups in total. The molecule has 0 radical (unpaired) electrons. The predicted molar refractivity (Wildman–Crippen MR) is 73.1 cm³/mol. The predicted octanol–water partition coefficient (Wildman–Crippen LogP) is 2.33. The van der Waals surface area contributed by atoms with Crippen LogP contribution in [0.4, 0.5) is 0 Å². The molecule has 2 aromatic rings. The van der Waals surface area contributed by atoms with E-state index >= 15 is 0 Å². The van der Waals surface area contributed by atoms with Crippen molar-refractivity contribution in [3.63, 3.8) is 0 Å². The molecule has 4 heteroatoms. The number of aromatic nitrogens is 1. The summed E-state index contributed by atoms with van der Waals surface area (Å²) in [6.07, 6.45) is 3.29. The Balaban J connectivity index is 2.07. The first-order valence-electron chi connectivity index (χ1n) is 6.03. The summed E-state index contributed by atoms with van der Waals surface area (Å²) in [6, 6.07) is 9.34. The Morgan fingerprint density at radius 2 is 2.11 bits per heavy atom. The monoisotopic (exact) mass is 256 g/mol. The van der Waals surface area contributed by atoms with E-state index in [0.29, 0.717) is 12.1 Å². The summed E-state index contributed by atoms with van der Waals surface area (Å²) in [5, 5.41) is 2.88. The Labute approximate surface area is 112 Å². The first kappa shape index (κ1) is 13.1. The summed E-state index contributed by atoms with van der Waals surface area (Å²) in [6.45, 7) is 2.30. The van der Waals surface area contributed by atoms with E-state index in [4.69, 9.17) is 4.74 Å². The maximum Gasteiger partial charge on any atom is 0.251 e. The minimum absolute atomic E-state index is 0.106. The number of amides is 1. The highest BCUT2D eigenvalue weighted by Crippen LogP contribution is 2.17. The van der Waals surface area contributed by atoms with Crippen LogP contribution in [0, 0.1) is 6.92 Å². The van der Waals surface area contributed by atoms with Gasteiger partial charge in [-0.1, -0.05) is 18.2 Å². The summed E-state index contributed by atoms with van der Waals surface area (Å²) in [5.74, 6) is 0.667. The number of carbonyl (C=O) groups excluding carboxylic acids is 1. The van der Waals surface area contributed by atoms with Crippen molar-refractivity contribution in [3.05, 3.63) is 59.4 Å². The number of methoxy groups -OCH3 is 1. The summed E-state index contributed by atoms with van der Waals surface area (Å²) < 4.78 is 5.25. The second-order valence-corrected chi connectivity index (χ2v) is 4.19. The number of rotatable bonds is 4. The Morgan fingerprint density at radius 3 is 2.84 bits per heavy atom. The molecule has 4 nitrogen and oxygen atoms in total. The van der Waals surface area contributed by atoms with Crippen LogP contribution < -0.4 is 10.1 Å². The van der Waals surface area contributed by atoms with E-state index in [9.17, 15) is 4.79 Å². The highest BCUT2D eigenvalue weighted by Gasteiger charge is 2.09. The topological polar surface area (TPSA) is 51.2 Å². The zero-order chi connectivity index (χ0) is 13.7. The molecule has 98 valence electrons. The summed E-state index contributed by atoms with van der Waals surface area (Å²) in [5.41, 5.74) is 2.45. The molecule has 1 heterocycles. The molecule has 0 fully saturated rings. The quantitative estimate of drug-likeness (QED) is 0.913. The van der Waals surface area contributed by atoms with Gasteiger partial charge in [0, 0.05) is 30.1 Å². The maximum absolute atomic E-state index is 12.1. The first-order valence-corrected chi connectivity index (χ1v) is 6.03. The van der Waals surface area contributed by atoms with E-state index in [-0.39, 0.29) is 5.91 Å². The first-order chi connectivity index (χ1) is 9.22. The normalized spacial score (nSPS) is 10.0. The molecule has 0 atom stereocenters. The van der Waals surface area contributed by atoms with Gasteiger partial charge in [0.05, 0.1) is 7.11 Å². The molecule has 0 aliphatic carbocycles. The largest absolute Gasteiger partial charge is 0.496 e. The molecular weight excluding hydrogens is 240 g/mol. The lowest BCUT2D eigenvalue weighted by molar-refractivity contribution is 0.0950. The fourth-order valence-electron chi connectivity index (χ4n) is 1.85. The van der Waals surface area contributed by atoms with Crippen molar-refractivity contribution in [3.8, 4) is 5.75 Å². The highest BCUT2D eigenvalue weighted by atomic mass is 16.5. The lowest BCUT2D eigenvalue weighted by Gasteiger charge is -2.10. The fourth-order valence-corrected chi connectivity index (χ4v) is 1.85. The van der Waals surface area contributed by atoms with Gasteiger partial charge in [0.2, 0.25) is 0 Å². The zero-order valence-electron chi connectivity index (χ0n) is 11.0. The van der Waals surface area contributed by atoms with Gasteiger partial charge < -0.3 is 10.1 Å². The lowest BCUT2D eigenvalue weighted by Crippen LogP contribution is -2.23. The van der Waals surface area contributed by atoms with Gasteiger partial charge in [-0.05, 0) is 24.6 Å². The average Bonchev–Trinajstić information content (AvgIpc) is 2.45. The molecule has 0 aliphatic heterocycles. The van der Waals surface area contributed by atoms with Crippen molar-refractivity contribution in [1.29, 1.82) is 0 Å². The molecule has 0 saturated heterocycles. The molecule has 0 unspecified atom stereocenters. The number of hydrogen-bond donors (Lipinski definition) is 1. The van der Waals surface area contributed by atoms with E-state index in [1.165, 1.54) is 0 Å². The van der Waals surface area contributed by atoms with Gasteiger partial charge in [0.15, 0.2) is 0 Å². The number of aryl methyl sites for hydroxylation is 1. The Morgan fingerprint density at radius 1 is 1.32 bits per heavy atom. The van der Waals surface area contributed by atoms with Crippen LogP contribution in [-0.2, 0) is 6.54 Å². The number of carbonyl (C=O) groups is 1. The molecule has 1 aromatic carbocycles. The number of nitrogens with zero attached hydrogens (tertiary/aromatic N) is 1. The number of nitrogens with one attached hydrogen (secondary N) is 1. The molecule has 0 saturated carbocycles. The van der Waals surface area contributed by atoms with Gasteiger partial charge in [-0.2, -0.15) is 0 Å². The van der Waals surface area contributed by atoms with Crippen LogP contribution in [0.3, 0.4) is 0 Å². The zero-order valence-corrected chi connectivity index (χ0v) is 11.0. The molecule has 1 aromatic heterocycles. The highest BCUT2D eigenvalue weighted by molar-refractivity contribution is 5.95. The Hall–Kier alpha value is -2.36. The third-order valence-corrected chi connectivity index (χ3v) is 2.90. The molecule has 0 aliphatic rings. The third kappa shape index (κ3) is 3.10. The molecule has 19 heavy (non-hydrogen) atoms. The number of ether oxygens (including phenoxy) is 1. The number of benzene rings is 1. The maximum atomic E-state index is 12.1.